The first kappa shape index (κ1) is 20.3. The summed E-state index contributed by atoms with van der Waals surface area (Å²) >= 11 is 6.06. The van der Waals surface area contributed by atoms with Gasteiger partial charge in [0.1, 0.15) is 5.69 Å². The number of halogens is 1. The molecule has 2 aromatic carbocycles. The molecule has 3 aromatic rings. The molecule has 0 radical (unpaired) electrons. The van der Waals surface area contributed by atoms with Crippen molar-refractivity contribution in [1.29, 1.82) is 0 Å². The Bertz CT molecular complexity index is 1130. The fourth-order valence-corrected chi connectivity index (χ4v) is 3.76. The molecule has 0 aliphatic rings. The van der Waals surface area contributed by atoms with Crippen molar-refractivity contribution < 1.29 is 13.5 Å². The largest absolute Gasteiger partial charge is 0.493 e. The van der Waals surface area contributed by atoms with Gasteiger partial charge in [0.25, 0.3) is 0 Å². The van der Waals surface area contributed by atoms with Crippen LogP contribution < -0.4 is 4.72 Å². The van der Waals surface area contributed by atoms with Crippen LogP contribution in [0.5, 0.6) is 5.88 Å². The van der Waals surface area contributed by atoms with E-state index in [-0.39, 0.29) is 23.0 Å². The van der Waals surface area contributed by atoms with E-state index in [1.165, 1.54) is 12.1 Å². The Morgan fingerprint density at radius 1 is 1.18 bits per heavy atom. The number of benzene rings is 2. The number of aromatic nitrogens is 1. The maximum Gasteiger partial charge on any atom is 0.240 e. The number of nitrogens with one attached hydrogen (secondary N) is 2. The second-order valence-electron chi connectivity index (χ2n) is 6.38. The van der Waals surface area contributed by atoms with Crippen LogP contribution in [0.1, 0.15) is 0 Å². The standard InChI is InChI=1S/C18H20ClN5O3S/c1-24(2)10-9-20-28(26,27)12-7-8-15-13(11-12)17(18(25)21-15)23-22-16-6-4-3-5-14(16)19/h3-8,11,20-21,25H,9-10H2,1-2H3. The van der Waals surface area contributed by atoms with Crippen molar-refractivity contribution in [2.75, 3.05) is 27.2 Å². The minimum atomic E-state index is -3.69. The molecule has 10 heteroatoms. The molecule has 0 atom stereocenters. The Balaban J connectivity index is 1.95. The Labute approximate surface area is 167 Å². The summed E-state index contributed by atoms with van der Waals surface area (Å²) < 4.78 is 27.6. The molecular formula is C18H20ClN5O3S. The monoisotopic (exact) mass is 421 g/mol. The first-order chi connectivity index (χ1) is 13.3. The van der Waals surface area contributed by atoms with E-state index < -0.39 is 10.0 Å². The van der Waals surface area contributed by atoms with Crippen molar-refractivity contribution in [1.82, 2.24) is 14.6 Å². The highest BCUT2D eigenvalue weighted by Gasteiger charge is 2.18. The van der Waals surface area contributed by atoms with Gasteiger partial charge in [0.15, 0.2) is 5.69 Å². The van der Waals surface area contributed by atoms with Gasteiger partial charge in [-0.3, -0.25) is 0 Å². The number of aromatic hydroxyl groups is 1. The molecule has 1 aromatic heterocycles. The molecule has 0 fully saturated rings. The second-order valence-corrected chi connectivity index (χ2v) is 8.56. The quantitative estimate of drug-likeness (QED) is 0.504. The fraction of sp³-hybridized carbons (Fsp3) is 0.222. The van der Waals surface area contributed by atoms with Crippen LogP contribution >= 0.6 is 11.6 Å². The van der Waals surface area contributed by atoms with Crippen LogP contribution in [0.3, 0.4) is 0 Å². The maximum absolute atomic E-state index is 12.5. The van der Waals surface area contributed by atoms with E-state index in [1.54, 1.807) is 30.3 Å². The van der Waals surface area contributed by atoms with E-state index in [1.807, 2.05) is 19.0 Å². The van der Waals surface area contributed by atoms with Crippen LogP contribution in [0.2, 0.25) is 5.02 Å². The third-order valence-electron chi connectivity index (χ3n) is 4.00. The number of azo groups is 1. The smallest absolute Gasteiger partial charge is 0.240 e. The lowest BCUT2D eigenvalue weighted by Gasteiger charge is -2.11. The van der Waals surface area contributed by atoms with Crippen LogP contribution in [-0.2, 0) is 10.0 Å². The highest BCUT2D eigenvalue weighted by molar-refractivity contribution is 7.89. The Hall–Kier alpha value is -2.46. The lowest BCUT2D eigenvalue weighted by molar-refractivity contribution is 0.412. The summed E-state index contributed by atoms with van der Waals surface area (Å²) in [6, 6.07) is 11.4. The van der Waals surface area contributed by atoms with E-state index in [0.29, 0.717) is 28.2 Å². The maximum atomic E-state index is 12.5. The Kier molecular flexibility index (Phi) is 5.99. The number of aromatic amines is 1. The van der Waals surface area contributed by atoms with Crippen molar-refractivity contribution in [3.63, 3.8) is 0 Å². The summed E-state index contributed by atoms with van der Waals surface area (Å²) in [5.74, 6) is -0.207. The lowest BCUT2D eigenvalue weighted by atomic mass is 10.2. The van der Waals surface area contributed by atoms with Gasteiger partial charge in [-0.2, -0.15) is 0 Å². The molecular weight excluding hydrogens is 402 g/mol. The molecule has 0 saturated heterocycles. The molecule has 0 unspecified atom stereocenters. The van der Waals surface area contributed by atoms with E-state index in [4.69, 9.17) is 11.6 Å². The number of likely N-dealkylation sites (N-methyl/N-ethyl adjacent to an activating group) is 1. The van der Waals surface area contributed by atoms with Gasteiger partial charge >= 0.3 is 0 Å². The first-order valence-electron chi connectivity index (χ1n) is 8.43. The third kappa shape index (κ3) is 4.50. The summed E-state index contributed by atoms with van der Waals surface area (Å²) in [4.78, 5) is 4.72. The molecule has 1 heterocycles. The third-order valence-corrected chi connectivity index (χ3v) is 5.77. The average molecular weight is 422 g/mol. The summed E-state index contributed by atoms with van der Waals surface area (Å²) in [5, 5.41) is 19.1. The van der Waals surface area contributed by atoms with Crippen molar-refractivity contribution in [3.8, 4) is 5.88 Å². The van der Waals surface area contributed by atoms with Crippen LogP contribution in [0.4, 0.5) is 11.4 Å². The number of H-pyrrole nitrogens is 1. The number of hydrogen-bond donors (Lipinski definition) is 3. The second kappa shape index (κ2) is 8.27. The summed E-state index contributed by atoms with van der Waals surface area (Å²) in [5.41, 5.74) is 1.12. The number of sulfonamides is 1. The van der Waals surface area contributed by atoms with E-state index in [9.17, 15) is 13.5 Å². The van der Waals surface area contributed by atoms with E-state index in [0.717, 1.165) is 0 Å². The zero-order valence-electron chi connectivity index (χ0n) is 15.3. The molecule has 0 saturated carbocycles. The van der Waals surface area contributed by atoms with Gasteiger partial charge in [-0.05, 0) is 44.4 Å². The molecule has 28 heavy (non-hydrogen) atoms. The molecule has 0 bridgehead atoms. The van der Waals surface area contributed by atoms with Crippen molar-refractivity contribution in [2.45, 2.75) is 4.90 Å². The van der Waals surface area contributed by atoms with Gasteiger partial charge in [-0.1, -0.05) is 23.7 Å². The molecule has 8 nitrogen and oxygen atoms in total. The SMILES string of the molecule is CN(C)CCNS(=O)(=O)c1ccc2[nH]c(O)c(N=Nc3ccccc3Cl)c2c1. The lowest BCUT2D eigenvalue weighted by Crippen LogP contribution is -2.31. The minimum absolute atomic E-state index is 0.0759. The summed E-state index contributed by atoms with van der Waals surface area (Å²) in [6.45, 7) is 0.856. The summed E-state index contributed by atoms with van der Waals surface area (Å²) in [7, 11) is 0.0263. The van der Waals surface area contributed by atoms with E-state index in [2.05, 4.69) is 19.9 Å². The Morgan fingerprint density at radius 3 is 2.64 bits per heavy atom. The zero-order valence-corrected chi connectivity index (χ0v) is 16.9. The minimum Gasteiger partial charge on any atom is -0.493 e. The van der Waals surface area contributed by atoms with Gasteiger partial charge in [-0.25, -0.2) is 13.1 Å². The number of nitrogens with zero attached hydrogens (tertiary/aromatic N) is 3. The van der Waals surface area contributed by atoms with Crippen LogP contribution in [-0.4, -0.2) is 50.6 Å². The number of hydrogen-bond acceptors (Lipinski definition) is 6. The van der Waals surface area contributed by atoms with Gasteiger partial charge in [0, 0.05) is 18.5 Å². The molecule has 0 aliphatic carbocycles. The molecule has 148 valence electrons. The first-order valence-corrected chi connectivity index (χ1v) is 10.3. The normalized spacial score (nSPS) is 12.4. The predicted molar refractivity (Wildman–Crippen MR) is 109 cm³/mol. The van der Waals surface area contributed by atoms with Crippen LogP contribution in [0.15, 0.2) is 57.6 Å². The average Bonchev–Trinajstić information content (AvgIpc) is 2.95. The van der Waals surface area contributed by atoms with Gasteiger partial charge in [0.2, 0.25) is 15.9 Å². The summed E-state index contributed by atoms with van der Waals surface area (Å²) in [6.07, 6.45) is 0. The topological polar surface area (TPSA) is 110 Å². The number of rotatable bonds is 7. The van der Waals surface area contributed by atoms with Crippen LogP contribution in [0.25, 0.3) is 10.9 Å². The Morgan fingerprint density at radius 2 is 1.93 bits per heavy atom. The van der Waals surface area contributed by atoms with Crippen molar-refractivity contribution in [2.24, 2.45) is 10.2 Å². The highest BCUT2D eigenvalue weighted by atomic mass is 35.5. The van der Waals surface area contributed by atoms with E-state index >= 15 is 0 Å². The molecule has 0 amide bonds. The predicted octanol–water partition coefficient (Wildman–Crippen LogP) is 3.78. The molecule has 3 rings (SSSR count). The molecule has 0 aliphatic heterocycles. The highest BCUT2D eigenvalue weighted by Crippen LogP contribution is 2.38. The van der Waals surface area contributed by atoms with Gasteiger partial charge in [-0.15, -0.1) is 10.2 Å². The molecule has 0 spiro atoms. The van der Waals surface area contributed by atoms with Crippen molar-refractivity contribution in [3.05, 3.63) is 47.5 Å². The zero-order chi connectivity index (χ0) is 20.3. The van der Waals surface area contributed by atoms with Gasteiger partial charge in [0.05, 0.1) is 15.4 Å². The molecule has 3 N–H and O–H groups in total. The fourth-order valence-electron chi connectivity index (χ4n) is 2.53. The van der Waals surface area contributed by atoms with Gasteiger partial charge < -0.3 is 15.0 Å². The van der Waals surface area contributed by atoms with Crippen molar-refractivity contribution >= 4 is 43.9 Å². The number of fused-ring (bicyclic) bond motifs is 1. The van der Waals surface area contributed by atoms with Crippen LogP contribution in [0, 0.1) is 0 Å².